The fraction of sp³-hybridized carbons (Fsp3) is 0.281. The second-order valence-corrected chi connectivity index (χ2v) is 10.2. The van der Waals surface area contributed by atoms with Gasteiger partial charge >= 0.3 is 5.97 Å². The molecule has 0 amide bonds. The predicted octanol–water partition coefficient (Wildman–Crippen LogP) is 6.15. The molecule has 0 radical (unpaired) electrons. The van der Waals surface area contributed by atoms with E-state index in [1.807, 2.05) is 49.3 Å². The Morgan fingerprint density at radius 2 is 1.85 bits per heavy atom. The Bertz CT molecular complexity index is 1550. The minimum absolute atomic E-state index is 0.0288. The van der Waals surface area contributed by atoms with Gasteiger partial charge in [0.1, 0.15) is 23.8 Å². The summed E-state index contributed by atoms with van der Waals surface area (Å²) in [6.07, 6.45) is 2.43. The Labute approximate surface area is 233 Å². The van der Waals surface area contributed by atoms with Crippen LogP contribution in [-0.2, 0) is 16.0 Å². The molecule has 0 bridgehead atoms. The molecule has 0 aliphatic heterocycles. The number of nitrogens with one attached hydrogen (secondary N) is 1. The summed E-state index contributed by atoms with van der Waals surface area (Å²) in [7, 11) is 3.97. The number of nitrogens with zero attached hydrogens (tertiary/aromatic N) is 2. The first-order valence-corrected chi connectivity index (χ1v) is 13.1. The van der Waals surface area contributed by atoms with E-state index in [-0.39, 0.29) is 23.9 Å². The molecular formula is C32H34FN3O4. The molecular weight excluding hydrogens is 509 g/mol. The van der Waals surface area contributed by atoms with Gasteiger partial charge in [-0.25, -0.2) is 14.2 Å². The van der Waals surface area contributed by atoms with Crippen molar-refractivity contribution >= 4 is 22.8 Å². The number of aromatic amines is 1. The number of allylic oxidation sites excluding steroid dienone is 1. The van der Waals surface area contributed by atoms with Gasteiger partial charge in [0.15, 0.2) is 5.78 Å². The maximum absolute atomic E-state index is 15.2. The van der Waals surface area contributed by atoms with Crippen LogP contribution in [0.2, 0.25) is 0 Å². The molecule has 0 aliphatic carbocycles. The van der Waals surface area contributed by atoms with Crippen molar-refractivity contribution in [3.63, 3.8) is 0 Å². The summed E-state index contributed by atoms with van der Waals surface area (Å²) < 4.78 is 26.5. The molecule has 0 atom stereocenters. The lowest BCUT2D eigenvalue weighted by molar-refractivity contribution is -0.114. The predicted molar refractivity (Wildman–Crippen MR) is 155 cm³/mol. The Morgan fingerprint density at radius 1 is 1.12 bits per heavy atom. The summed E-state index contributed by atoms with van der Waals surface area (Å²) in [4.78, 5) is 34.8. The second-order valence-electron chi connectivity index (χ2n) is 10.2. The van der Waals surface area contributed by atoms with E-state index in [0.717, 1.165) is 17.9 Å². The lowest BCUT2D eigenvalue weighted by atomic mass is 9.93. The molecule has 8 heteroatoms. The lowest BCUT2D eigenvalue weighted by Crippen LogP contribution is -2.19. The number of likely N-dealkylation sites (N-methyl/N-ethyl adjacent to an activating group) is 1. The summed E-state index contributed by atoms with van der Waals surface area (Å²) in [5.41, 5.74) is 4.51. The van der Waals surface area contributed by atoms with E-state index >= 15 is 4.39 Å². The second kappa shape index (κ2) is 12.3. The summed E-state index contributed by atoms with van der Waals surface area (Å²) >= 11 is 0. The number of ketones is 1. The smallest absolute Gasteiger partial charge is 0.339 e. The van der Waals surface area contributed by atoms with Crippen LogP contribution in [0.25, 0.3) is 33.4 Å². The number of carbonyl (C=O) groups is 2. The number of carbonyl (C=O) groups excluding carboxylic acids is 2. The number of fused-ring (bicyclic) bond motifs is 1. The van der Waals surface area contributed by atoms with Crippen LogP contribution in [0.1, 0.15) is 35.3 Å². The van der Waals surface area contributed by atoms with Crippen LogP contribution < -0.4 is 4.74 Å². The van der Waals surface area contributed by atoms with Gasteiger partial charge < -0.3 is 19.4 Å². The molecule has 40 heavy (non-hydrogen) atoms. The number of aromatic nitrogens is 2. The van der Waals surface area contributed by atoms with Gasteiger partial charge in [-0.15, -0.1) is 0 Å². The van der Waals surface area contributed by atoms with Gasteiger partial charge in [-0.3, -0.25) is 4.79 Å². The Kier molecular flexibility index (Phi) is 8.80. The number of pyridine rings is 1. The van der Waals surface area contributed by atoms with Crippen molar-refractivity contribution in [2.24, 2.45) is 0 Å². The lowest BCUT2D eigenvalue weighted by Gasteiger charge is -2.13. The minimum Gasteiger partial charge on any atom is -0.492 e. The molecule has 4 aromatic rings. The molecule has 2 aromatic heterocycles. The molecule has 7 nitrogen and oxygen atoms in total. The van der Waals surface area contributed by atoms with E-state index in [2.05, 4.69) is 16.5 Å². The highest BCUT2D eigenvalue weighted by molar-refractivity contribution is 6.05. The Morgan fingerprint density at radius 3 is 2.50 bits per heavy atom. The summed E-state index contributed by atoms with van der Waals surface area (Å²) in [5.74, 6) is -0.405. The SMILES string of the molecule is C=CC(=O)Cc1cc(-c2c(-c3ccc(OCCN(C)C)cc3)[nH]c3ncc(C(=O)OC(C)C)cc23)cc(F)c1C. The molecule has 2 aromatic carbocycles. The molecule has 0 spiro atoms. The highest BCUT2D eigenvalue weighted by Gasteiger charge is 2.21. The largest absolute Gasteiger partial charge is 0.492 e. The van der Waals surface area contributed by atoms with Crippen molar-refractivity contribution in [1.29, 1.82) is 0 Å². The molecule has 1 N–H and O–H groups in total. The normalized spacial score (nSPS) is 11.3. The van der Waals surface area contributed by atoms with Crippen LogP contribution in [0.3, 0.4) is 0 Å². The van der Waals surface area contributed by atoms with Gasteiger partial charge in [0, 0.05) is 30.1 Å². The van der Waals surface area contributed by atoms with Crippen molar-refractivity contribution in [2.45, 2.75) is 33.3 Å². The zero-order valence-electron chi connectivity index (χ0n) is 23.5. The van der Waals surface area contributed by atoms with Gasteiger partial charge in [-0.05, 0) is 99.6 Å². The first-order chi connectivity index (χ1) is 19.1. The van der Waals surface area contributed by atoms with E-state index in [9.17, 15) is 9.59 Å². The number of benzene rings is 2. The third kappa shape index (κ3) is 6.46. The number of rotatable bonds is 11. The zero-order chi connectivity index (χ0) is 29.0. The Hall–Kier alpha value is -4.30. The number of hydrogen-bond acceptors (Lipinski definition) is 6. The van der Waals surface area contributed by atoms with Gasteiger partial charge in [-0.2, -0.15) is 0 Å². The molecule has 4 rings (SSSR count). The van der Waals surface area contributed by atoms with Crippen molar-refractivity contribution in [1.82, 2.24) is 14.9 Å². The zero-order valence-corrected chi connectivity index (χ0v) is 23.5. The molecule has 0 saturated heterocycles. The standard InChI is InChI=1S/C32H34FN3O4/c1-7-25(37)15-22-14-23(17-28(33)20(22)4)29-27-16-24(32(38)40-19(2)3)18-34-31(27)35-30(29)21-8-10-26(11-9-21)39-13-12-36(5)6/h7-11,14,16-19H,1,12-13,15H2,2-6H3,(H,34,35). The monoisotopic (exact) mass is 543 g/mol. The first kappa shape index (κ1) is 28.7. The van der Waals surface area contributed by atoms with Crippen molar-refractivity contribution in [3.05, 3.63) is 83.8 Å². The third-order valence-corrected chi connectivity index (χ3v) is 6.51. The Balaban J connectivity index is 1.87. The number of H-pyrrole nitrogens is 1. The summed E-state index contributed by atoms with van der Waals surface area (Å²) in [5, 5.41) is 0.628. The highest BCUT2D eigenvalue weighted by atomic mass is 19.1. The average Bonchev–Trinajstić information content (AvgIpc) is 3.29. The number of esters is 1. The van der Waals surface area contributed by atoms with Crippen molar-refractivity contribution in [3.8, 4) is 28.1 Å². The molecule has 0 unspecified atom stereocenters. The van der Waals surface area contributed by atoms with Gasteiger partial charge in [0.2, 0.25) is 0 Å². The third-order valence-electron chi connectivity index (χ3n) is 6.51. The average molecular weight is 544 g/mol. The van der Waals surface area contributed by atoms with E-state index in [1.165, 1.54) is 18.3 Å². The van der Waals surface area contributed by atoms with E-state index in [1.54, 1.807) is 26.8 Å². The first-order valence-electron chi connectivity index (χ1n) is 13.1. The maximum Gasteiger partial charge on any atom is 0.339 e. The van der Waals surface area contributed by atoms with Gasteiger partial charge in [-0.1, -0.05) is 12.6 Å². The van der Waals surface area contributed by atoms with Crippen LogP contribution in [0.4, 0.5) is 4.39 Å². The van der Waals surface area contributed by atoms with Gasteiger partial charge in [0.05, 0.1) is 17.4 Å². The van der Waals surface area contributed by atoms with E-state index in [4.69, 9.17) is 9.47 Å². The number of ether oxygens (including phenoxy) is 2. The minimum atomic E-state index is -0.496. The van der Waals surface area contributed by atoms with Crippen LogP contribution in [0.15, 0.2) is 61.3 Å². The molecule has 208 valence electrons. The molecule has 0 saturated carbocycles. The molecule has 0 fully saturated rings. The molecule has 0 aliphatic rings. The quantitative estimate of drug-likeness (QED) is 0.181. The summed E-state index contributed by atoms with van der Waals surface area (Å²) in [6, 6.07) is 12.5. The molecule has 2 heterocycles. The van der Waals surface area contributed by atoms with Crippen molar-refractivity contribution in [2.75, 3.05) is 27.2 Å². The van der Waals surface area contributed by atoms with Gasteiger partial charge in [0.25, 0.3) is 0 Å². The highest BCUT2D eigenvalue weighted by Crippen LogP contribution is 2.40. The van der Waals surface area contributed by atoms with Crippen molar-refractivity contribution < 1.29 is 23.5 Å². The van der Waals surface area contributed by atoms with Crippen LogP contribution in [0.5, 0.6) is 5.75 Å². The van der Waals surface area contributed by atoms with E-state index < -0.39 is 11.8 Å². The number of halogens is 1. The number of hydrogen-bond donors (Lipinski definition) is 1. The fourth-order valence-electron chi connectivity index (χ4n) is 4.37. The van der Waals surface area contributed by atoms with Crippen LogP contribution >= 0.6 is 0 Å². The maximum atomic E-state index is 15.2. The summed E-state index contributed by atoms with van der Waals surface area (Å²) in [6.45, 7) is 10.1. The fourth-order valence-corrected chi connectivity index (χ4v) is 4.37. The topological polar surface area (TPSA) is 84.5 Å². The van der Waals surface area contributed by atoms with Crippen LogP contribution in [0, 0.1) is 12.7 Å². The van der Waals surface area contributed by atoms with E-state index in [0.29, 0.717) is 45.6 Å². The van der Waals surface area contributed by atoms with Crippen LogP contribution in [-0.4, -0.2) is 60.0 Å².